The number of pyridine rings is 1. The van der Waals surface area contributed by atoms with E-state index in [4.69, 9.17) is 17.3 Å². The van der Waals surface area contributed by atoms with Crippen molar-refractivity contribution in [3.8, 4) is 28.3 Å². The van der Waals surface area contributed by atoms with Crippen LogP contribution in [0.15, 0.2) is 59.1 Å². The smallest absolute Gasteiger partial charge is 0.416 e. The predicted octanol–water partition coefficient (Wildman–Crippen LogP) is 5.00. The molecule has 7 nitrogen and oxygen atoms in total. The number of thiophene rings is 1. The molecule has 3 heterocycles. The zero-order valence-corrected chi connectivity index (χ0v) is 19.8. The number of rotatable bonds is 4. The van der Waals surface area contributed by atoms with E-state index in [1.54, 1.807) is 30.3 Å². The Hall–Kier alpha value is -3.96. The van der Waals surface area contributed by atoms with Crippen LogP contribution in [-0.2, 0) is 13.2 Å². The quantitative estimate of drug-likeness (QED) is 0.259. The van der Waals surface area contributed by atoms with Crippen LogP contribution in [-0.4, -0.2) is 16.0 Å². The van der Waals surface area contributed by atoms with Crippen molar-refractivity contribution < 1.29 is 32.3 Å². The maximum absolute atomic E-state index is 13.2. The third-order valence-corrected chi connectivity index (χ3v) is 6.90. The first kappa shape index (κ1) is 23.8. The third-order valence-electron chi connectivity index (χ3n) is 5.55. The number of fused-ring (bicyclic) bond motifs is 1. The van der Waals surface area contributed by atoms with Gasteiger partial charge >= 0.3 is 11.9 Å². The third kappa shape index (κ3) is 4.06. The molecular formula is C24H14ClF3N4O3S. The number of aromatic nitrogens is 3. The summed E-state index contributed by atoms with van der Waals surface area (Å²) in [5, 5.41) is 16.4. The molecule has 5 rings (SSSR count). The summed E-state index contributed by atoms with van der Waals surface area (Å²) in [4.78, 5) is 18.2. The molecule has 0 bridgehead atoms. The molecule has 182 valence electrons. The van der Waals surface area contributed by atoms with Gasteiger partial charge in [0.15, 0.2) is 13.0 Å². The first-order valence-corrected chi connectivity index (χ1v) is 11.5. The van der Waals surface area contributed by atoms with E-state index in [9.17, 15) is 23.1 Å². The van der Waals surface area contributed by atoms with Crippen molar-refractivity contribution in [2.75, 3.05) is 5.73 Å². The van der Waals surface area contributed by atoms with E-state index in [2.05, 4.69) is 14.8 Å². The fraction of sp³-hybridized carbons (Fsp3) is 0.0833. The van der Waals surface area contributed by atoms with Crippen LogP contribution in [0.4, 0.5) is 18.9 Å². The summed E-state index contributed by atoms with van der Waals surface area (Å²) in [5.74, 6) is -1.62. The lowest BCUT2D eigenvalue weighted by molar-refractivity contribution is -0.741. The molecule has 12 heteroatoms. The van der Waals surface area contributed by atoms with Gasteiger partial charge in [0, 0.05) is 16.0 Å². The summed E-state index contributed by atoms with van der Waals surface area (Å²) < 4.78 is 45.0. The zero-order valence-electron chi connectivity index (χ0n) is 18.3. The Morgan fingerprint density at radius 3 is 2.33 bits per heavy atom. The number of anilines is 1. The Labute approximate surface area is 210 Å². The number of nitrogens with zero attached hydrogens (tertiary/aromatic N) is 3. The van der Waals surface area contributed by atoms with Crippen LogP contribution < -0.4 is 15.5 Å². The number of hydrogen-bond donors (Lipinski definition) is 1. The summed E-state index contributed by atoms with van der Waals surface area (Å²) in [5.41, 5.74) is 7.42. The van der Waals surface area contributed by atoms with Gasteiger partial charge in [0.1, 0.15) is 9.71 Å². The molecule has 0 aliphatic carbocycles. The Kier molecular flexibility index (Phi) is 5.68. The van der Waals surface area contributed by atoms with Gasteiger partial charge in [0.2, 0.25) is 0 Å². The van der Waals surface area contributed by atoms with Gasteiger partial charge in [-0.15, -0.1) is 11.3 Å². The fourth-order valence-corrected chi connectivity index (χ4v) is 4.97. The number of ketones is 1. The first-order chi connectivity index (χ1) is 17.0. The highest BCUT2D eigenvalue weighted by Crippen LogP contribution is 2.43. The fourth-order valence-electron chi connectivity index (χ4n) is 3.79. The molecular weight excluding hydrogens is 517 g/mol. The molecule has 0 saturated heterocycles. The topological polar surface area (TPSA) is 109 Å². The van der Waals surface area contributed by atoms with Crippen LogP contribution >= 0.6 is 22.9 Å². The van der Waals surface area contributed by atoms with Crippen LogP contribution in [0.5, 0.6) is 5.95 Å². The maximum atomic E-state index is 13.2. The van der Waals surface area contributed by atoms with Gasteiger partial charge in [0.25, 0.3) is 5.78 Å². The molecule has 3 aromatic heterocycles. The van der Waals surface area contributed by atoms with Crippen molar-refractivity contribution in [1.82, 2.24) is 10.3 Å². The SMILES string of the molecule is C[n+]1noc([O-])c1C(=O)c1sc2nc(-c3ccc(Cl)cc3)cc(-c3ccc(C(F)(F)F)cc3)c2c1N. The molecule has 0 fully saturated rings. The summed E-state index contributed by atoms with van der Waals surface area (Å²) in [6.45, 7) is 0. The molecule has 2 aromatic carbocycles. The van der Waals surface area contributed by atoms with E-state index in [0.29, 0.717) is 37.6 Å². The molecule has 0 radical (unpaired) electrons. The zero-order chi connectivity index (χ0) is 25.8. The van der Waals surface area contributed by atoms with E-state index < -0.39 is 23.5 Å². The number of carbonyl (C=O) groups is 1. The van der Waals surface area contributed by atoms with Gasteiger partial charge in [-0.25, -0.2) is 4.98 Å². The molecule has 0 spiro atoms. The normalized spacial score (nSPS) is 11.8. The number of carbonyl (C=O) groups excluding carboxylic acids is 1. The molecule has 0 aliphatic heterocycles. The summed E-state index contributed by atoms with van der Waals surface area (Å²) in [6.07, 6.45) is -4.49. The van der Waals surface area contributed by atoms with Crippen LogP contribution in [0.3, 0.4) is 0 Å². The minimum atomic E-state index is -4.49. The molecule has 0 atom stereocenters. The standard InChI is InChI=1S/C24H14ClF3N4O3S/c1-32-19(23(34)35-31-32)20(33)21-18(29)17-15(11-2-6-13(7-3-11)24(26,27)28)10-16(30-22(17)36-21)12-4-8-14(25)9-5-12/h2-10H,1H3,(H2-,29,31,33,34). The Morgan fingerprint density at radius 1 is 1.11 bits per heavy atom. The molecule has 0 amide bonds. The van der Waals surface area contributed by atoms with Crippen molar-refractivity contribution in [2.45, 2.75) is 6.18 Å². The predicted molar refractivity (Wildman–Crippen MR) is 125 cm³/mol. The molecule has 5 aromatic rings. The van der Waals surface area contributed by atoms with Gasteiger partial charge in [-0.2, -0.15) is 13.2 Å². The summed E-state index contributed by atoms with van der Waals surface area (Å²) in [7, 11) is 1.38. The molecule has 0 aliphatic rings. The average molecular weight is 531 g/mol. The van der Waals surface area contributed by atoms with Gasteiger partial charge in [-0.05, 0) is 41.5 Å². The second-order valence-electron chi connectivity index (χ2n) is 7.82. The van der Waals surface area contributed by atoms with Crippen molar-refractivity contribution in [3.63, 3.8) is 0 Å². The van der Waals surface area contributed by atoms with E-state index in [1.165, 1.54) is 19.2 Å². The van der Waals surface area contributed by atoms with E-state index in [1.807, 2.05) is 0 Å². The average Bonchev–Trinajstić information content (AvgIpc) is 3.36. The molecule has 0 saturated carbocycles. The van der Waals surface area contributed by atoms with E-state index in [0.717, 1.165) is 28.2 Å². The maximum Gasteiger partial charge on any atom is 0.416 e. The molecule has 2 N–H and O–H groups in total. The van der Waals surface area contributed by atoms with Gasteiger partial charge < -0.3 is 15.4 Å². The molecule has 0 unspecified atom stereocenters. The van der Waals surface area contributed by atoms with Gasteiger partial charge in [-0.1, -0.05) is 40.5 Å². The lowest BCUT2D eigenvalue weighted by Gasteiger charge is -2.11. The largest absolute Gasteiger partial charge is 0.539 e. The summed E-state index contributed by atoms with van der Waals surface area (Å²) in [6, 6.07) is 13.1. The number of nitrogen functional groups attached to an aromatic ring is 1. The lowest BCUT2D eigenvalue weighted by atomic mass is 9.98. The van der Waals surface area contributed by atoms with E-state index >= 15 is 0 Å². The second-order valence-corrected chi connectivity index (χ2v) is 9.26. The van der Waals surface area contributed by atoms with Crippen molar-refractivity contribution in [1.29, 1.82) is 0 Å². The minimum absolute atomic E-state index is 0.0369. The monoisotopic (exact) mass is 530 g/mol. The Morgan fingerprint density at radius 2 is 1.75 bits per heavy atom. The molecule has 36 heavy (non-hydrogen) atoms. The number of benzene rings is 2. The van der Waals surface area contributed by atoms with Crippen molar-refractivity contribution in [3.05, 3.63) is 75.8 Å². The number of nitrogens with two attached hydrogens (primary N) is 1. The van der Waals surface area contributed by atoms with Crippen molar-refractivity contribution in [2.24, 2.45) is 7.05 Å². The second kappa shape index (κ2) is 8.61. The first-order valence-electron chi connectivity index (χ1n) is 10.3. The number of hydrogen-bond acceptors (Lipinski definition) is 7. The number of halogens is 4. The Bertz CT molecular complexity index is 1610. The highest BCUT2D eigenvalue weighted by molar-refractivity contribution is 7.21. The van der Waals surface area contributed by atoms with Crippen LogP contribution in [0.1, 0.15) is 20.9 Å². The minimum Gasteiger partial charge on any atom is -0.539 e. The highest BCUT2D eigenvalue weighted by atomic mass is 35.5. The van der Waals surface area contributed by atoms with Gasteiger partial charge in [-0.3, -0.25) is 4.79 Å². The Balaban J connectivity index is 1.75. The summed E-state index contributed by atoms with van der Waals surface area (Å²) >= 11 is 6.96. The lowest BCUT2D eigenvalue weighted by Crippen LogP contribution is -2.37. The number of aryl methyl sites for hydroxylation is 1. The van der Waals surface area contributed by atoms with Crippen LogP contribution in [0.25, 0.3) is 32.6 Å². The van der Waals surface area contributed by atoms with E-state index in [-0.39, 0.29) is 16.3 Å². The highest BCUT2D eigenvalue weighted by Gasteiger charge is 2.31. The number of alkyl halides is 3. The van der Waals surface area contributed by atoms with Crippen LogP contribution in [0.2, 0.25) is 5.02 Å². The van der Waals surface area contributed by atoms with Gasteiger partial charge in [0.05, 0.1) is 22.2 Å². The van der Waals surface area contributed by atoms with Crippen LogP contribution in [0, 0.1) is 0 Å². The van der Waals surface area contributed by atoms with Crippen molar-refractivity contribution >= 4 is 44.6 Å².